The predicted molar refractivity (Wildman–Crippen MR) is 130 cm³/mol. The molecule has 0 spiro atoms. The number of rotatable bonds is 7. The number of nitrogens with zero attached hydrogens (tertiary/aromatic N) is 5. The molecule has 2 fully saturated rings. The molecule has 0 unspecified atom stereocenters. The minimum atomic E-state index is -0.995. The summed E-state index contributed by atoms with van der Waals surface area (Å²) < 4.78 is 5.46. The van der Waals surface area contributed by atoms with Gasteiger partial charge in [0.2, 0.25) is 17.7 Å². The number of likely N-dealkylation sites (tertiary alicyclic amines) is 2. The van der Waals surface area contributed by atoms with Gasteiger partial charge in [0.05, 0.1) is 6.54 Å². The van der Waals surface area contributed by atoms with E-state index in [0.717, 1.165) is 0 Å². The lowest BCUT2D eigenvalue weighted by Gasteiger charge is -2.28. The number of hydrogen-bond donors (Lipinski definition) is 3. The van der Waals surface area contributed by atoms with Gasteiger partial charge < -0.3 is 26.0 Å². The van der Waals surface area contributed by atoms with Crippen LogP contribution in [0.4, 0.5) is 10.5 Å². The number of azide groups is 1. The van der Waals surface area contributed by atoms with Crippen LogP contribution in [0.15, 0.2) is 29.4 Å². The number of primary amides is 1. The summed E-state index contributed by atoms with van der Waals surface area (Å²) in [7, 11) is 0. The number of ether oxygens (including phenoxy) is 1. The van der Waals surface area contributed by atoms with Crippen LogP contribution < -0.4 is 16.4 Å². The first-order valence-electron chi connectivity index (χ1n) is 11.7. The number of carbonyl (C=O) groups is 5. The second kappa shape index (κ2) is 11.2. The smallest absolute Gasteiger partial charge is 0.411 e. The summed E-state index contributed by atoms with van der Waals surface area (Å²) in [6.07, 6.45) is -0.334. The largest absolute Gasteiger partial charge is 0.444 e. The van der Waals surface area contributed by atoms with E-state index in [0.29, 0.717) is 17.7 Å². The Morgan fingerprint density at radius 1 is 1.19 bits per heavy atom. The molecule has 3 atom stereocenters. The lowest BCUT2D eigenvalue weighted by Crippen LogP contribution is -2.51. The van der Waals surface area contributed by atoms with E-state index in [9.17, 15) is 24.0 Å². The molecule has 37 heavy (non-hydrogen) atoms. The summed E-state index contributed by atoms with van der Waals surface area (Å²) >= 11 is 0. The van der Waals surface area contributed by atoms with Crippen molar-refractivity contribution >= 4 is 35.4 Å². The van der Waals surface area contributed by atoms with E-state index in [1.54, 1.807) is 20.8 Å². The van der Waals surface area contributed by atoms with Crippen molar-refractivity contribution in [1.82, 2.24) is 20.4 Å². The highest BCUT2D eigenvalue weighted by Crippen LogP contribution is 2.23. The maximum absolute atomic E-state index is 13.2. The highest BCUT2D eigenvalue weighted by Gasteiger charge is 2.44. The monoisotopic (exact) mass is 514 g/mol. The Labute approximate surface area is 213 Å². The third-order valence-corrected chi connectivity index (χ3v) is 5.82. The van der Waals surface area contributed by atoms with Crippen LogP contribution in [0.5, 0.6) is 0 Å². The number of nitrogens with two attached hydrogens (primary N) is 1. The molecular weight excluding hydrogens is 484 g/mol. The topological polar surface area (TPSA) is 200 Å². The number of carbonyl (C=O) groups excluding carboxylic acids is 5. The fourth-order valence-corrected chi connectivity index (χ4v) is 4.20. The number of amides is 5. The zero-order chi connectivity index (χ0) is 27.3. The van der Waals surface area contributed by atoms with E-state index in [1.165, 1.54) is 34.1 Å². The van der Waals surface area contributed by atoms with E-state index < -0.39 is 53.4 Å². The first kappa shape index (κ1) is 27.3. The summed E-state index contributed by atoms with van der Waals surface area (Å²) in [6.45, 7) is 5.13. The van der Waals surface area contributed by atoms with Gasteiger partial charge in [0.25, 0.3) is 5.91 Å². The van der Waals surface area contributed by atoms with Gasteiger partial charge in [-0.15, -0.1) is 0 Å². The number of benzene rings is 1. The lowest BCUT2D eigenvalue weighted by atomic mass is 10.1. The maximum atomic E-state index is 13.2. The standard InChI is InChI=1S/C23H30N8O6/c1-23(2,3)37-22(36)31-11-15(26-19(33)13-4-6-14(7-5-13)28-29-25)10-17(31)20(34)27-16-8-9-30(21(16)35)12-18(24)32/h4-7,15-17H,8-12H2,1-3H3,(H2,24,32)(H,26,33)(H,27,34)/t15-,16-,17+/m1/s1. The first-order chi connectivity index (χ1) is 17.4. The Kier molecular flexibility index (Phi) is 8.23. The molecule has 1 aromatic carbocycles. The van der Waals surface area contributed by atoms with Crippen molar-refractivity contribution in [3.05, 3.63) is 40.3 Å². The molecule has 5 amide bonds. The average Bonchev–Trinajstić information content (AvgIpc) is 3.37. The molecule has 0 saturated carbocycles. The van der Waals surface area contributed by atoms with Gasteiger partial charge in [-0.05, 0) is 51.3 Å². The van der Waals surface area contributed by atoms with Crippen LogP contribution in [0, 0.1) is 0 Å². The Balaban J connectivity index is 1.71. The van der Waals surface area contributed by atoms with Gasteiger partial charge in [0, 0.05) is 35.3 Å². The van der Waals surface area contributed by atoms with Crippen LogP contribution in [0.2, 0.25) is 0 Å². The van der Waals surface area contributed by atoms with E-state index >= 15 is 0 Å². The highest BCUT2D eigenvalue weighted by atomic mass is 16.6. The molecule has 2 heterocycles. The Hall–Kier alpha value is -4.32. The minimum absolute atomic E-state index is 0.0158. The van der Waals surface area contributed by atoms with Crippen LogP contribution in [-0.4, -0.2) is 82.9 Å². The third kappa shape index (κ3) is 7.10. The zero-order valence-corrected chi connectivity index (χ0v) is 20.8. The van der Waals surface area contributed by atoms with Crippen LogP contribution in [0.3, 0.4) is 0 Å². The van der Waals surface area contributed by atoms with Crippen molar-refractivity contribution in [2.75, 3.05) is 19.6 Å². The maximum Gasteiger partial charge on any atom is 0.411 e. The van der Waals surface area contributed by atoms with E-state index in [4.69, 9.17) is 16.0 Å². The molecule has 2 saturated heterocycles. The molecule has 0 radical (unpaired) electrons. The SMILES string of the molecule is CC(C)(C)OC(=O)N1C[C@H](NC(=O)c2ccc(N=[N+]=[N-])cc2)C[C@H]1C(=O)N[C@@H]1CCN(CC(N)=O)C1=O. The van der Waals surface area contributed by atoms with E-state index in [2.05, 4.69) is 20.7 Å². The fraction of sp³-hybridized carbons (Fsp3) is 0.522. The van der Waals surface area contributed by atoms with Gasteiger partial charge in [-0.25, -0.2) is 4.79 Å². The Morgan fingerprint density at radius 3 is 2.46 bits per heavy atom. The summed E-state index contributed by atoms with van der Waals surface area (Å²) in [5.74, 6) is -2.09. The number of nitrogens with one attached hydrogen (secondary N) is 2. The second-order valence-corrected chi connectivity index (χ2v) is 9.87. The molecule has 14 heteroatoms. The van der Waals surface area contributed by atoms with E-state index in [-0.39, 0.29) is 26.1 Å². The molecule has 0 aromatic heterocycles. The van der Waals surface area contributed by atoms with Crippen molar-refractivity contribution in [2.24, 2.45) is 10.8 Å². The minimum Gasteiger partial charge on any atom is -0.444 e. The van der Waals surface area contributed by atoms with Crippen LogP contribution in [0.1, 0.15) is 44.0 Å². The van der Waals surface area contributed by atoms with E-state index in [1.807, 2.05) is 0 Å². The van der Waals surface area contributed by atoms with Crippen LogP contribution >= 0.6 is 0 Å². The third-order valence-electron chi connectivity index (χ3n) is 5.82. The van der Waals surface area contributed by atoms with Crippen LogP contribution in [-0.2, 0) is 19.1 Å². The molecule has 198 valence electrons. The molecule has 4 N–H and O–H groups in total. The van der Waals surface area contributed by atoms with Gasteiger partial charge in [-0.1, -0.05) is 17.2 Å². The molecule has 2 aliphatic rings. The van der Waals surface area contributed by atoms with Gasteiger partial charge in [-0.2, -0.15) is 0 Å². The average molecular weight is 515 g/mol. The summed E-state index contributed by atoms with van der Waals surface area (Å²) in [5.41, 5.74) is 13.5. The molecular formula is C23H30N8O6. The Bertz CT molecular complexity index is 1130. The highest BCUT2D eigenvalue weighted by molar-refractivity contribution is 5.96. The molecule has 0 bridgehead atoms. The second-order valence-electron chi connectivity index (χ2n) is 9.87. The summed E-state index contributed by atoms with van der Waals surface area (Å²) in [6, 6.07) is 3.56. The zero-order valence-electron chi connectivity index (χ0n) is 20.8. The van der Waals surface area contributed by atoms with Crippen molar-refractivity contribution in [3.8, 4) is 0 Å². The van der Waals surface area contributed by atoms with Crippen molar-refractivity contribution < 1.29 is 28.7 Å². The van der Waals surface area contributed by atoms with Gasteiger partial charge in [0.15, 0.2) is 0 Å². The van der Waals surface area contributed by atoms with Crippen molar-refractivity contribution in [3.63, 3.8) is 0 Å². The lowest BCUT2D eigenvalue weighted by molar-refractivity contribution is -0.135. The van der Waals surface area contributed by atoms with Gasteiger partial charge in [-0.3, -0.25) is 24.1 Å². The summed E-state index contributed by atoms with van der Waals surface area (Å²) in [5, 5.41) is 8.93. The van der Waals surface area contributed by atoms with Gasteiger partial charge >= 0.3 is 6.09 Å². The number of hydrogen-bond acceptors (Lipinski definition) is 7. The molecule has 1 aromatic rings. The van der Waals surface area contributed by atoms with Crippen LogP contribution in [0.25, 0.3) is 10.4 Å². The molecule has 0 aliphatic carbocycles. The van der Waals surface area contributed by atoms with Crippen molar-refractivity contribution in [1.29, 1.82) is 0 Å². The molecule has 3 rings (SSSR count). The van der Waals surface area contributed by atoms with Crippen molar-refractivity contribution in [2.45, 2.75) is 57.3 Å². The predicted octanol–water partition coefficient (Wildman–Crippen LogP) is 0.939. The van der Waals surface area contributed by atoms with Gasteiger partial charge in [0.1, 0.15) is 17.7 Å². The molecule has 2 aliphatic heterocycles. The normalized spacial score (nSPS) is 21.3. The summed E-state index contributed by atoms with van der Waals surface area (Å²) in [4.78, 5) is 67.7. The quantitative estimate of drug-likeness (QED) is 0.274. The Morgan fingerprint density at radius 2 is 1.86 bits per heavy atom. The first-order valence-corrected chi connectivity index (χ1v) is 11.7. The molecule has 14 nitrogen and oxygen atoms in total. The fourth-order valence-electron chi connectivity index (χ4n) is 4.20.